The summed E-state index contributed by atoms with van der Waals surface area (Å²) in [5.74, 6) is 0.464. The quantitative estimate of drug-likeness (QED) is 0.223. The smallest absolute Gasteiger partial charge is 0.335 e. The van der Waals surface area contributed by atoms with Crippen LogP contribution in [0.15, 0.2) is 83.4 Å². The lowest BCUT2D eigenvalue weighted by atomic mass is 9.95. The summed E-state index contributed by atoms with van der Waals surface area (Å²) < 4.78 is 12.0. The van der Waals surface area contributed by atoms with Gasteiger partial charge >= 0.3 is 5.97 Å². The van der Waals surface area contributed by atoms with Crippen LogP contribution in [0, 0.1) is 5.41 Å². The minimum absolute atomic E-state index is 0.134. The van der Waals surface area contributed by atoms with E-state index >= 15 is 0 Å². The summed E-state index contributed by atoms with van der Waals surface area (Å²) >= 11 is 5.82. The summed E-state index contributed by atoms with van der Waals surface area (Å²) in [5, 5.41) is 16.2. The number of rotatable bonds is 7. The molecule has 1 aliphatic heterocycles. The molecule has 0 bridgehead atoms. The number of carbonyl (C=O) groups excluding carboxylic acids is 1. The number of hydrogen-bond donors (Lipinski definition) is 3. The van der Waals surface area contributed by atoms with Crippen molar-refractivity contribution < 1.29 is 23.8 Å². The number of thiocarbonyl (C=S) groups is 1. The average molecular weight is 571 g/mol. The van der Waals surface area contributed by atoms with Crippen LogP contribution in [0.1, 0.15) is 54.7 Å². The normalized spacial score (nSPS) is 16.8. The van der Waals surface area contributed by atoms with Crippen LogP contribution in [0.5, 0.6) is 5.75 Å². The molecule has 5 rings (SSSR count). The van der Waals surface area contributed by atoms with Crippen LogP contribution in [0.25, 0.3) is 11.3 Å². The molecule has 0 radical (unpaired) electrons. The summed E-state index contributed by atoms with van der Waals surface area (Å²) in [5.41, 5.74) is 2.28. The number of methoxy groups -OCH3 is 1. The number of aromatic nitrogens is 1. The Bertz CT molecular complexity index is 1610. The number of carbonyl (C=O) groups is 2. The maximum atomic E-state index is 12.7. The van der Waals surface area contributed by atoms with Crippen molar-refractivity contribution >= 4 is 40.6 Å². The number of carboxylic acids is 1. The third kappa shape index (κ3) is 5.64. The van der Waals surface area contributed by atoms with Crippen LogP contribution in [-0.2, 0) is 4.79 Å². The van der Waals surface area contributed by atoms with Crippen molar-refractivity contribution in [3.63, 3.8) is 0 Å². The Hall–Kier alpha value is -4.70. The van der Waals surface area contributed by atoms with E-state index in [-0.39, 0.29) is 17.5 Å². The number of ether oxygens (including phenoxy) is 1. The fourth-order valence-electron chi connectivity index (χ4n) is 4.64. The molecule has 1 amide bonds. The van der Waals surface area contributed by atoms with Crippen LogP contribution < -0.4 is 20.3 Å². The molecule has 0 aliphatic carbocycles. The minimum atomic E-state index is -1.01. The first-order valence-electron chi connectivity index (χ1n) is 13.0. The largest absolute Gasteiger partial charge is 0.494 e. The number of benzene rings is 2. The fraction of sp³-hybridized carbons (Fsp3) is 0.226. The highest BCUT2D eigenvalue weighted by Crippen LogP contribution is 2.44. The highest BCUT2D eigenvalue weighted by molar-refractivity contribution is 7.80. The van der Waals surface area contributed by atoms with E-state index in [2.05, 4.69) is 15.6 Å². The maximum absolute atomic E-state index is 12.7. The van der Waals surface area contributed by atoms with Gasteiger partial charge < -0.3 is 29.8 Å². The zero-order valence-electron chi connectivity index (χ0n) is 23.0. The third-order valence-corrected chi connectivity index (χ3v) is 7.12. The average Bonchev–Trinajstić information content (AvgIpc) is 3.58. The van der Waals surface area contributed by atoms with E-state index in [1.807, 2.05) is 68.1 Å². The first-order valence-corrected chi connectivity index (χ1v) is 13.4. The van der Waals surface area contributed by atoms with Gasteiger partial charge in [-0.3, -0.25) is 9.78 Å². The van der Waals surface area contributed by atoms with Crippen molar-refractivity contribution in [1.82, 2.24) is 10.3 Å². The first kappa shape index (κ1) is 27.9. The number of nitrogens with one attached hydrogen (secondary N) is 2. The lowest BCUT2D eigenvalue weighted by Gasteiger charge is -2.27. The van der Waals surface area contributed by atoms with E-state index in [0.717, 1.165) is 11.4 Å². The molecule has 1 fully saturated rings. The lowest BCUT2D eigenvalue weighted by Crippen LogP contribution is -2.30. The SMILES string of the molecule is COc1cc(N2C(=S)N[C@H](c3ccccn3)[C@@H]2c2ccc(-c3cccc(C(=O)O)c3)o2)ccc1NC(=O)C(C)(C)C. The Kier molecular flexibility index (Phi) is 7.51. The summed E-state index contributed by atoms with van der Waals surface area (Å²) in [4.78, 5) is 30.7. The summed E-state index contributed by atoms with van der Waals surface area (Å²) in [6.45, 7) is 5.53. The van der Waals surface area contributed by atoms with E-state index < -0.39 is 17.4 Å². The van der Waals surface area contributed by atoms with E-state index in [1.54, 1.807) is 37.6 Å². The predicted molar refractivity (Wildman–Crippen MR) is 160 cm³/mol. The van der Waals surface area contributed by atoms with E-state index in [0.29, 0.717) is 33.6 Å². The molecule has 10 heteroatoms. The zero-order valence-corrected chi connectivity index (χ0v) is 23.9. The van der Waals surface area contributed by atoms with Gasteiger partial charge in [-0.05, 0) is 60.7 Å². The molecule has 1 aliphatic rings. The van der Waals surface area contributed by atoms with Crippen molar-refractivity contribution in [2.45, 2.75) is 32.9 Å². The van der Waals surface area contributed by atoms with Gasteiger partial charge in [0, 0.05) is 28.9 Å². The van der Waals surface area contributed by atoms with Gasteiger partial charge in [-0.15, -0.1) is 0 Å². The Morgan fingerprint density at radius 3 is 2.56 bits per heavy atom. The molecular weight excluding hydrogens is 540 g/mol. The highest BCUT2D eigenvalue weighted by Gasteiger charge is 2.43. The van der Waals surface area contributed by atoms with Gasteiger partial charge in [-0.25, -0.2) is 4.79 Å². The van der Waals surface area contributed by atoms with Gasteiger partial charge in [0.15, 0.2) is 5.11 Å². The van der Waals surface area contributed by atoms with Gasteiger partial charge in [0.25, 0.3) is 0 Å². The van der Waals surface area contributed by atoms with E-state index in [9.17, 15) is 14.7 Å². The summed E-state index contributed by atoms with van der Waals surface area (Å²) in [6.07, 6.45) is 1.72. The van der Waals surface area contributed by atoms with Gasteiger partial charge in [-0.1, -0.05) is 39.0 Å². The molecule has 2 aromatic heterocycles. The zero-order chi connectivity index (χ0) is 29.3. The molecule has 210 valence electrons. The minimum Gasteiger partial charge on any atom is -0.494 e. The van der Waals surface area contributed by atoms with Crippen LogP contribution >= 0.6 is 12.2 Å². The standard InChI is InChI=1S/C31H30N4O5S/c1-31(2,3)29(38)33-21-12-11-20(17-25(21)39-4)35-27(26(34-30(35)41)22-10-5-6-15-32-22)24-14-13-23(40-24)18-8-7-9-19(16-18)28(36)37/h5-17,26-27H,1-4H3,(H,33,38)(H,34,41)(H,36,37)/t26-,27+/m1/s1. The number of aromatic carboxylic acids is 1. The number of furan rings is 1. The number of nitrogens with zero attached hydrogens (tertiary/aromatic N) is 2. The van der Waals surface area contributed by atoms with Gasteiger partial charge in [0.2, 0.25) is 5.91 Å². The lowest BCUT2D eigenvalue weighted by molar-refractivity contribution is -0.123. The van der Waals surface area contributed by atoms with Crippen molar-refractivity contribution in [3.05, 3.63) is 96.0 Å². The topological polar surface area (TPSA) is 117 Å². The maximum Gasteiger partial charge on any atom is 0.335 e. The Morgan fingerprint density at radius 2 is 1.88 bits per heavy atom. The Labute approximate surface area is 243 Å². The summed E-state index contributed by atoms with van der Waals surface area (Å²) in [6, 6.07) is 20.6. The molecule has 2 atom stereocenters. The molecule has 0 spiro atoms. The highest BCUT2D eigenvalue weighted by atomic mass is 32.1. The Morgan fingerprint density at radius 1 is 1.07 bits per heavy atom. The second-order valence-corrected chi connectivity index (χ2v) is 11.1. The molecular formula is C31H30N4O5S. The first-order chi connectivity index (χ1) is 19.6. The van der Waals surface area contributed by atoms with E-state index in [1.165, 1.54) is 6.07 Å². The molecule has 4 aromatic rings. The predicted octanol–water partition coefficient (Wildman–Crippen LogP) is 6.21. The molecule has 3 N–H and O–H groups in total. The monoisotopic (exact) mass is 570 g/mol. The van der Waals surface area contributed by atoms with Gasteiger partial charge in [-0.2, -0.15) is 0 Å². The molecule has 9 nitrogen and oxygen atoms in total. The molecule has 0 saturated carbocycles. The number of pyridine rings is 1. The number of carboxylic acid groups (broad SMARTS) is 1. The molecule has 1 saturated heterocycles. The van der Waals surface area contributed by atoms with Crippen molar-refractivity contribution in [3.8, 4) is 17.1 Å². The van der Waals surface area contributed by atoms with E-state index in [4.69, 9.17) is 21.4 Å². The van der Waals surface area contributed by atoms with Crippen LogP contribution in [0.2, 0.25) is 0 Å². The van der Waals surface area contributed by atoms with Crippen LogP contribution in [-0.4, -0.2) is 34.2 Å². The fourth-order valence-corrected chi connectivity index (χ4v) is 4.98. The van der Waals surface area contributed by atoms with Crippen molar-refractivity contribution in [2.24, 2.45) is 5.41 Å². The molecule has 41 heavy (non-hydrogen) atoms. The Balaban J connectivity index is 1.56. The third-order valence-electron chi connectivity index (χ3n) is 6.80. The van der Waals surface area contributed by atoms with Crippen LogP contribution in [0.3, 0.4) is 0 Å². The van der Waals surface area contributed by atoms with Crippen molar-refractivity contribution in [1.29, 1.82) is 0 Å². The molecule has 3 heterocycles. The van der Waals surface area contributed by atoms with Gasteiger partial charge in [0.05, 0.1) is 30.1 Å². The summed E-state index contributed by atoms with van der Waals surface area (Å²) in [7, 11) is 1.55. The van der Waals surface area contributed by atoms with Crippen LogP contribution in [0.4, 0.5) is 11.4 Å². The van der Waals surface area contributed by atoms with Crippen molar-refractivity contribution in [2.75, 3.05) is 17.3 Å². The molecule has 0 unspecified atom stereocenters. The number of anilines is 2. The number of hydrogen-bond acceptors (Lipinski definition) is 6. The van der Waals surface area contributed by atoms with Gasteiger partial charge in [0.1, 0.15) is 23.3 Å². The number of amides is 1. The second-order valence-electron chi connectivity index (χ2n) is 10.7. The second kappa shape index (κ2) is 11.1. The molecule has 2 aromatic carbocycles.